The van der Waals surface area contributed by atoms with E-state index >= 15 is 0 Å². The molecule has 1 aliphatic rings. The number of halogens is 4. The Bertz CT molecular complexity index is 274. The highest BCUT2D eigenvalue weighted by atomic mass is 79.9. The number of carbonyl (C=O) groups excluding carboxylic acids is 2. The molecule has 0 heterocycles. The average Bonchev–Trinajstić information content (AvgIpc) is 2.07. The third-order valence-electron chi connectivity index (χ3n) is 2.23. The quantitative estimate of drug-likeness (QED) is 0.543. The fourth-order valence-electron chi connectivity index (χ4n) is 1.46. The molecule has 1 atom stereocenters. The summed E-state index contributed by atoms with van der Waals surface area (Å²) in [7, 11) is 0. The second-order valence-corrected chi connectivity index (χ2v) is 4.61. The lowest BCUT2D eigenvalue weighted by Gasteiger charge is -2.28. The highest BCUT2D eigenvalue weighted by molar-refractivity contribution is 9.10. The fraction of sp³-hybridized carbons (Fsp3) is 0.750. The number of alkyl halides is 4. The molecule has 1 saturated carbocycles. The van der Waals surface area contributed by atoms with E-state index in [9.17, 15) is 22.8 Å². The predicted molar refractivity (Wildman–Crippen MR) is 46.2 cm³/mol. The van der Waals surface area contributed by atoms with Crippen LogP contribution in [0, 0.1) is 0 Å². The average molecular weight is 273 g/mol. The highest BCUT2D eigenvalue weighted by Crippen LogP contribution is 2.38. The van der Waals surface area contributed by atoms with Gasteiger partial charge >= 0.3 is 6.18 Å². The van der Waals surface area contributed by atoms with Gasteiger partial charge < -0.3 is 0 Å². The van der Waals surface area contributed by atoms with Gasteiger partial charge in [-0.1, -0.05) is 22.4 Å². The van der Waals surface area contributed by atoms with Crippen molar-refractivity contribution >= 4 is 27.5 Å². The molecule has 0 aromatic rings. The first-order valence-electron chi connectivity index (χ1n) is 4.12. The van der Waals surface area contributed by atoms with Gasteiger partial charge in [-0.2, -0.15) is 13.2 Å². The van der Waals surface area contributed by atoms with Crippen LogP contribution in [0.15, 0.2) is 0 Å². The zero-order valence-corrected chi connectivity index (χ0v) is 8.74. The van der Waals surface area contributed by atoms with E-state index in [4.69, 9.17) is 0 Å². The minimum atomic E-state index is -4.95. The van der Waals surface area contributed by atoms with E-state index in [2.05, 4.69) is 15.9 Å². The molecule has 0 radical (unpaired) electrons. The summed E-state index contributed by atoms with van der Waals surface area (Å²) in [5.41, 5.74) is 0. The summed E-state index contributed by atoms with van der Waals surface area (Å²) in [4.78, 5) is 22.2. The molecule has 1 rings (SSSR count). The summed E-state index contributed by atoms with van der Waals surface area (Å²) in [6, 6.07) is 0. The summed E-state index contributed by atoms with van der Waals surface area (Å²) in [6.07, 6.45) is -3.97. The van der Waals surface area contributed by atoms with Gasteiger partial charge in [0.05, 0.1) is 0 Å². The van der Waals surface area contributed by atoms with Gasteiger partial charge in [-0.15, -0.1) is 0 Å². The van der Waals surface area contributed by atoms with Crippen LogP contribution in [0.2, 0.25) is 0 Å². The van der Waals surface area contributed by atoms with E-state index in [1.807, 2.05) is 0 Å². The summed E-state index contributed by atoms with van der Waals surface area (Å²) >= 11 is 2.64. The molecule has 1 fully saturated rings. The molecule has 0 spiro atoms. The van der Waals surface area contributed by atoms with Crippen molar-refractivity contribution in [2.45, 2.75) is 36.2 Å². The van der Waals surface area contributed by atoms with Gasteiger partial charge in [-0.3, -0.25) is 9.59 Å². The SMILES string of the molecule is O=C1CCCC[C@]1(Br)C(=O)C(F)(F)F. The van der Waals surface area contributed by atoms with E-state index in [-0.39, 0.29) is 12.8 Å². The Balaban J connectivity index is 2.93. The van der Waals surface area contributed by atoms with Crippen LogP contribution in [0.3, 0.4) is 0 Å². The summed E-state index contributed by atoms with van der Waals surface area (Å²) < 4.78 is 34.4. The van der Waals surface area contributed by atoms with Crippen LogP contribution in [0.1, 0.15) is 25.7 Å². The minimum Gasteiger partial charge on any atom is -0.298 e. The van der Waals surface area contributed by atoms with Crippen LogP contribution < -0.4 is 0 Å². The van der Waals surface area contributed by atoms with Crippen molar-refractivity contribution in [3.8, 4) is 0 Å². The normalized spacial score (nSPS) is 29.0. The third kappa shape index (κ3) is 1.99. The molecule has 0 aromatic heterocycles. The smallest absolute Gasteiger partial charge is 0.298 e. The molecule has 0 N–H and O–H groups in total. The monoisotopic (exact) mass is 272 g/mol. The first kappa shape index (κ1) is 11.7. The van der Waals surface area contributed by atoms with Gasteiger partial charge in [-0.05, 0) is 12.8 Å². The number of carbonyl (C=O) groups is 2. The van der Waals surface area contributed by atoms with Gasteiger partial charge in [-0.25, -0.2) is 0 Å². The van der Waals surface area contributed by atoms with Crippen LogP contribution in [-0.2, 0) is 9.59 Å². The maximum Gasteiger partial charge on any atom is 0.451 e. The first-order valence-corrected chi connectivity index (χ1v) is 4.91. The molecule has 0 amide bonds. The Hall–Kier alpha value is -0.390. The molecular weight excluding hydrogens is 265 g/mol. The molecule has 0 saturated heterocycles. The van der Waals surface area contributed by atoms with Crippen molar-refractivity contribution in [2.75, 3.05) is 0 Å². The van der Waals surface area contributed by atoms with Crippen molar-refractivity contribution in [1.29, 1.82) is 0 Å². The lowest BCUT2D eigenvalue weighted by molar-refractivity contribution is -0.175. The second kappa shape index (κ2) is 3.64. The van der Waals surface area contributed by atoms with Gasteiger partial charge in [0.25, 0.3) is 5.78 Å². The molecule has 0 aromatic carbocycles. The topological polar surface area (TPSA) is 34.1 Å². The van der Waals surface area contributed by atoms with Crippen LogP contribution in [0.4, 0.5) is 13.2 Å². The Morgan fingerprint density at radius 1 is 1.36 bits per heavy atom. The third-order valence-corrected chi connectivity index (χ3v) is 3.43. The molecule has 0 unspecified atom stereocenters. The molecule has 2 nitrogen and oxygen atoms in total. The van der Waals surface area contributed by atoms with E-state index in [0.29, 0.717) is 12.8 Å². The van der Waals surface area contributed by atoms with Crippen LogP contribution in [-0.4, -0.2) is 22.1 Å². The van der Waals surface area contributed by atoms with E-state index in [1.54, 1.807) is 0 Å². The number of rotatable bonds is 1. The molecule has 6 heteroatoms. The van der Waals surface area contributed by atoms with E-state index in [1.165, 1.54) is 0 Å². The molecule has 14 heavy (non-hydrogen) atoms. The maximum atomic E-state index is 12.1. The van der Waals surface area contributed by atoms with Crippen molar-refractivity contribution in [3.63, 3.8) is 0 Å². The largest absolute Gasteiger partial charge is 0.451 e. The zero-order chi connectivity index (χ0) is 11.0. The zero-order valence-electron chi connectivity index (χ0n) is 7.16. The molecule has 1 aliphatic carbocycles. The van der Waals surface area contributed by atoms with Crippen LogP contribution >= 0.6 is 15.9 Å². The Morgan fingerprint density at radius 3 is 2.36 bits per heavy atom. The van der Waals surface area contributed by atoms with E-state index in [0.717, 1.165) is 0 Å². The standard InChI is InChI=1S/C8H8BrF3O2/c9-7(6(14)8(10,11)12)4-2-1-3-5(7)13/h1-4H2/t7-/m1/s1. The highest BCUT2D eigenvalue weighted by Gasteiger charge is 2.55. The number of hydrogen-bond acceptors (Lipinski definition) is 2. The van der Waals surface area contributed by atoms with E-state index < -0.39 is 22.1 Å². The lowest BCUT2D eigenvalue weighted by Crippen LogP contribution is -2.49. The summed E-state index contributed by atoms with van der Waals surface area (Å²) in [5.74, 6) is -2.64. The van der Waals surface area contributed by atoms with Crippen molar-refractivity contribution in [3.05, 3.63) is 0 Å². The minimum absolute atomic E-state index is 0.0348. The molecular formula is C8H8BrF3O2. The van der Waals surface area contributed by atoms with Gasteiger partial charge in [0.1, 0.15) is 0 Å². The fourth-order valence-corrected chi connectivity index (χ4v) is 2.16. The second-order valence-electron chi connectivity index (χ2n) is 3.26. The number of Topliss-reactive ketones (excluding diaryl/α,β-unsaturated/α-hetero) is 2. The van der Waals surface area contributed by atoms with Gasteiger partial charge in [0.2, 0.25) is 0 Å². The lowest BCUT2D eigenvalue weighted by atomic mass is 9.84. The Kier molecular flexibility index (Phi) is 3.04. The Labute approximate surface area is 87.0 Å². The number of hydrogen-bond donors (Lipinski definition) is 0. The predicted octanol–water partition coefficient (Wildman–Crippen LogP) is 2.39. The Morgan fingerprint density at radius 2 is 1.93 bits per heavy atom. The molecule has 0 aliphatic heterocycles. The van der Waals surface area contributed by atoms with Crippen LogP contribution in [0.5, 0.6) is 0 Å². The summed E-state index contributed by atoms with van der Waals surface area (Å²) in [6.45, 7) is 0. The molecule has 0 bridgehead atoms. The van der Waals surface area contributed by atoms with Crippen molar-refractivity contribution < 1.29 is 22.8 Å². The number of ketones is 2. The van der Waals surface area contributed by atoms with Crippen LogP contribution in [0.25, 0.3) is 0 Å². The maximum absolute atomic E-state index is 12.1. The van der Waals surface area contributed by atoms with Gasteiger partial charge in [0, 0.05) is 6.42 Å². The molecule has 80 valence electrons. The summed E-state index contributed by atoms with van der Waals surface area (Å²) in [5, 5.41) is 0. The van der Waals surface area contributed by atoms with Crippen molar-refractivity contribution in [1.82, 2.24) is 0 Å². The van der Waals surface area contributed by atoms with Gasteiger partial charge in [0.15, 0.2) is 10.1 Å². The van der Waals surface area contributed by atoms with Crippen molar-refractivity contribution in [2.24, 2.45) is 0 Å². The first-order chi connectivity index (χ1) is 6.28.